The number of carbonyl (C=O) groups is 1. The Kier molecular flexibility index (Phi) is 3.19. The first-order chi connectivity index (χ1) is 9.60. The number of amides is 1. The van der Waals surface area contributed by atoms with E-state index >= 15 is 0 Å². The molecular formula is C13H13N5OS. The van der Waals surface area contributed by atoms with Crippen LogP contribution < -0.4 is 5.32 Å². The van der Waals surface area contributed by atoms with Gasteiger partial charge in [0, 0.05) is 13.2 Å². The summed E-state index contributed by atoms with van der Waals surface area (Å²) < 4.78 is 2.64. The Balaban J connectivity index is 1.73. The predicted octanol–water partition coefficient (Wildman–Crippen LogP) is 1.91. The fraction of sp³-hybridized carbons (Fsp3) is 0.231. The lowest BCUT2D eigenvalue weighted by molar-refractivity contribution is -0.115. The van der Waals surface area contributed by atoms with Crippen molar-refractivity contribution in [3.05, 3.63) is 35.7 Å². The van der Waals surface area contributed by atoms with E-state index in [0.717, 1.165) is 10.2 Å². The SMILES string of the molecule is Cc1ccc2nc(NC(=O)Cc3cn(C)nn3)sc2c1. The molecule has 3 rings (SSSR count). The van der Waals surface area contributed by atoms with E-state index in [9.17, 15) is 4.79 Å². The van der Waals surface area contributed by atoms with E-state index in [2.05, 4.69) is 26.7 Å². The van der Waals surface area contributed by atoms with Gasteiger partial charge in [-0.15, -0.1) is 5.10 Å². The van der Waals surface area contributed by atoms with Crippen LogP contribution >= 0.6 is 11.3 Å². The highest BCUT2D eigenvalue weighted by Gasteiger charge is 2.10. The van der Waals surface area contributed by atoms with Crippen molar-refractivity contribution in [1.29, 1.82) is 0 Å². The Labute approximate surface area is 119 Å². The lowest BCUT2D eigenvalue weighted by atomic mass is 10.2. The minimum atomic E-state index is -0.138. The molecule has 0 saturated carbocycles. The Morgan fingerprint density at radius 1 is 1.45 bits per heavy atom. The van der Waals surface area contributed by atoms with Gasteiger partial charge >= 0.3 is 0 Å². The molecule has 0 bridgehead atoms. The number of anilines is 1. The summed E-state index contributed by atoms with van der Waals surface area (Å²) in [5.41, 5.74) is 2.72. The summed E-state index contributed by atoms with van der Waals surface area (Å²) >= 11 is 1.47. The molecule has 102 valence electrons. The minimum absolute atomic E-state index is 0.138. The number of nitrogens with one attached hydrogen (secondary N) is 1. The Hall–Kier alpha value is -2.28. The zero-order valence-electron chi connectivity index (χ0n) is 11.1. The molecule has 2 aromatic heterocycles. The highest BCUT2D eigenvalue weighted by molar-refractivity contribution is 7.22. The van der Waals surface area contributed by atoms with Gasteiger partial charge in [0.25, 0.3) is 0 Å². The van der Waals surface area contributed by atoms with Crippen molar-refractivity contribution in [2.24, 2.45) is 7.05 Å². The summed E-state index contributed by atoms with van der Waals surface area (Å²) in [6, 6.07) is 6.03. The molecule has 7 heteroatoms. The maximum absolute atomic E-state index is 11.9. The monoisotopic (exact) mass is 287 g/mol. The zero-order chi connectivity index (χ0) is 14.1. The molecule has 0 aliphatic heterocycles. The molecular weight excluding hydrogens is 274 g/mol. The molecule has 0 fully saturated rings. The number of aryl methyl sites for hydroxylation is 2. The molecule has 0 atom stereocenters. The van der Waals surface area contributed by atoms with Gasteiger partial charge in [-0.05, 0) is 24.6 Å². The molecule has 0 saturated heterocycles. The molecule has 1 amide bonds. The summed E-state index contributed by atoms with van der Waals surface area (Å²) in [6.07, 6.45) is 1.92. The van der Waals surface area contributed by atoms with Crippen molar-refractivity contribution >= 4 is 32.6 Å². The van der Waals surface area contributed by atoms with Crippen molar-refractivity contribution in [2.75, 3.05) is 5.32 Å². The van der Waals surface area contributed by atoms with Crippen LogP contribution in [0.5, 0.6) is 0 Å². The summed E-state index contributed by atoms with van der Waals surface area (Å²) in [7, 11) is 1.77. The molecule has 0 unspecified atom stereocenters. The van der Waals surface area contributed by atoms with Gasteiger partial charge in [-0.25, -0.2) is 4.98 Å². The van der Waals surface area contributed by atoms with Crippen LogP contribution in [0.15, 0.2) is 24.4 Å². The fourth-order valence-corrected chi connectivity index (χ4v) is 2.87. The molecule has 1 aromatic carbocycles. The molecule has 0 spiro atoms. The van der Waals surface area contributed by atoms with Crippen LogP contribution in [0, 0.1) is 6.92 Å². The molecule has 2 heterocycles. The van der Waals surface area contributed by atoms with Gasteiger partial charge in [0.05, 0.1) is 22.3 Å². The maximum Gasteiger partial charge on any atom is 0.232 e. The highest BCUT2D eigenvalue weighted by atomic mass is 32.1. The van der Waals surface area contributed by atoms with Crippen LogP contribution in [0.4, 0.5) is 5.13 Å². The second-order valence-corrected chi connectivity index (χ2v) is 5.63. The number of carbonyl (C=O) groups excluding carboxylic acids is 1. The van der Waals surface area contributed by atoms with Crippen molar-refractivity contribution in [3.8, 4) is 0 Å². The highest BCUT2D eigenvalue weighted by Crippen LogP contribution is 2.26. The van der Waals surface area contributed by atoms with Gasteiger partial charge in [0.2, 0.25) is 5.91 Å². The number of hydrogen-bond acceptors (Lipinski definition) is 5. The molecule has 0 radical (unpaired) electrons. The lowest BCUT2D eigenvalue weighted by Crippen LogP contribution is -2.14. The van der Waals surface area contributed by atoms with Crippen molar-refractivity contribution < 1.29 is 4.79 Å². The molecule has 1 N–H and O–H groups in total. The van der Waals surface area contributed by atoms with E-state index < -0.39 is 0 Å². The standard InChI is InChI=1S/C13H13N5OS/c1-8-3-4-10-11(5-8)20-13(14-10)15-12(19)6-9-7-18(2)17-16-9/h3-5,7H,6H2,1-2H3,(H,14,15,19). The Morgan fingerprint density at radius 3 is 3.05 bits per heavy atom. The molecule has 20 heavy (non-hydrogen) atoms. The summed E-state index contributed by atoms with van der Waals surface area (Å²) in [5, 5.41) is 11.1. The van der Waals surface area contributed by atoms with Crippen molar-refractivity contribution in [2.45, 2.75) is 13.3 Å². The number of nitrogens with zero attached hydrogens (tertiary/aromatic N) is 4. The number of thiazole rings is 1. The molecule has 6 nitrogen and oxygen atoms in total. The normalized spacial score (nSPS) is 10.9. The van der Waals surface area contributed by atoms with Crippen molar-refractivity contribution in [3.63, 3.8) is 0 Å². The number of fused-ring (bicyclic) bond motifs is 1. The van der Waals surface area contributed by atoms with Crippen LogP contribution in [-0.4, -0.2) is 25.9 Å². The predicted molar refractivity (Wildman–Crippen MR) is 77.7 cm³/mol. The van der Waals surface area contributed by atoms with E-state index in [1.807, 2.05) is 19.1 Å². The molecule has 3 aromatic rings. The largest absolute Gasteiger partial charge is 0.302 e. The third-order valence-electron chi connectivity index (χ3n) is 2.78. The lowest BCUT2D eigenvalue weighted by Gasteiger charge is -1.97. The van der Waals surface area contributed by atoms with Crippen LogP contribution in [-0.2, 0) is 18.3 Å². The number of rotatable bonds is 3. The first-order valence-electron chi connectivity index (χ1n) is 6.12. The molecule has 0 aliphatic carbocycles. The van der Waals surface area contributed by atoms with E-state index in [1.54, 1.807) is 17.9 Å². The Bertz CT molecular complexity index is 776. The van der Waals surface area contributed by atoms with E-state index in [4.69, 9.17) is 0 Å². The maximum atomic E-state index is 11.9. The third kappa shape index (κ3) is 2.67. The average molecular weight is 287 g/mol. The first kappa shape index (κ1) is 12.7. The van der Waals surface area contributed by atoms with Gasteiger partial charge in [0.15, 0.2) is 5.13 Å². The second kappa shape index (κ2) is 5.01. The van der Waals surface area contributed by atoms with Gasteiger partial charge in [-0.1, -0.05) is 22.6 Å². The second-order valence-electron chi connectivity index (χ2n) is 4.60. The number of benzene rings is 1. The third-order valence-corrected chi connectivity index (χ3v) is 3.72. The van der Waals surface area contributed by atoms with Crippen LogP contribution in [0.1, 0.15) is 11.3 Å². The molecule has 0 aliphatic rings. The van der Waals surface area contributed by atoms with Crippen molar-refractivity contribution in [1.82, 2.24) is 20.0 Å². The first-order valence-corrected chi connectivity index (χ1v) is 6.94. The van der Waals surface area contributed by atoms with Crippen LogP contribution in [0.2, 0.25) is 0 Å². The minimum Gasteiger partial charge on any atom is -0.302 e. The average Bonchev–Trinajstić information content (AvgIpc) is 2.94. The zero-order valence-corrected chi connectivity index (χ0v) is 11.9. The Morgan fingerprint density at radius 2 is 2.30 bits per heavy atom. The number of aromatic nitrogens is 4. The smallest absolute Gasteiger partial charge is 0.232 e. The van der Waals surface area contributed by atoms with E-state index in [1.165, 1.54) is 16.9 Å². The summed E-state index contributed by atoms with van der Waals surface area (Å²) in [6.45, 7) is 2.03. The van der Waals surface area contributed by atoms with Gasteiger partial charge in [0.1, 0.15) is 0 Å². The number of hydrogen-bond donors (Lipinski definition) is 1. The van der Waals surface area contributed by atoms with Crippen LogP contribution in [0.25, 0.3) is 10.2 Å². The van der Waals surface area contributed by atoms with E-state index in [-0.39, 0.29) is 12.3 Å². The fourth-order valence-electron chi connectivity index (χ4n) is 1.89. The van der Waals surface area contributed by atoms with Gasteiger partial charge in [-0.3, -0.25) is 9.48 Å². The topological polar surface area (TPSA) is 72.7 Å². The quantitative estimate of drug-likeness (QED) is 0.798. The summed E-state index contributed by atoms with van der Waals surface area (Å²) in [4.78, 5) is 16.3. The van der Waals surface area contributed by atoms with Gasteiger partial charge in [-0.2, -0.15) is 0 Å². The van der Waals surface area contributed by atoms with Crippen LogP contribution in [0.3, 0.4) is 0 Å². The van der Waals surface area contributed by atoms with Gasteiger partial charge < -0.3 is 5.32 Å². The summed E-state index contributed by atoms with van der Waals surface area (Å²) in [5.74, 6) is -0.138. The van der Waals surface area contributed by atoms with E-state index in [0.29, 0.717) is 10.8 Å².